The lowest BCUT2D eigenvalue weighted by atomic mass is 10.2. The van der Waals surface area contributed by atoms with Crippen molar-refractivity contribution in [2.45, 2.75) is 13.3 Å². The molecule has 0 unspecified atom stereocenters. The number of imidazole rings is 1. The van der Waals surface area contributed by atoms with Crippen molar-refractivity contribution in [2.75, 3.05) is 0 Å². The third-order valence-corrected chi connectivity index (χ3v) is 2.66. The van der Waals surface area contributed by atoms with Gasteiger partial charge < -0.3 is 10.1 Å². The Kier molecular flexibility index (Phi) is 2.30. The second-order valence-corrected chi connectivity index (χ2v) is 3.63. The maximum absolute atomic E-state index is 11.5. The van der Waals surface area contributed by atoms with E-state index in [-0.39, 0.29) is 11.4 Å². The highest BCUT2D eigenvalue weighted by atomic mass is 16.3. The molecule has 0 spiro atoms. The van der Waals surface area contributed by atoms with Gasteiger partial charge in [-0.25, -0.2) is 4.79 Å². The van der Waals surface area contributed by atoms with Crippen molar-refractivity contribution in [1.29, 1.82) is 0 Å². The van der Waals surface area contributed by atoms with E-state index < -0.39 is 0 Å². The minimum Gasteiger partial charge on any atom is -0.512 e. The monoisotopic (exact) mass is 219 g/mol. The average molecular weight is 219 g/mol. The number of hydrogen-bond acceptors (Lipinski definition) is 3. The van der Waals surface area contributed by atoms with Gasteiger partial charge >= 0.3 is 5.69 Å². The second kappa shape index (κ2) is 3.52. The molecule has 0 aromatic carbocycles. The van der Waals surface area contributed by atoms with E-state index in [4.69, 9.17) is 0 Å². The van der Waals surface area contributed by atoms with Crippen LogP contribution in [0.5, 0.6) is 0 Å². The first-order valence-corrected chi connectivity index (χ1v) is 5.01. The van der Waals surface area contributed by atoms with Crippen LogP contribution in [0, 0.1) is 0 Å². The highest BCUT2D eigenvalue weighted by molar-refractivity contribution is 5.76. The Morgan fingerprint density at radius 1 is 1.69 bits per heavy atom. The van der Waals surface area contributed by atoms with E-state index in [0.29, 0.717) is 28.0 Å². The van der Waals surface area contributed by atoms with Crippen LogP contribution in [0.3, 0.4) is 0 Å². The predicted octanol–water partition coefficient (Wildman–Crippen LogP) is -0.252. The number of aryl methyl sites for hydroxylation is 1. The van der Waals surface area contributed by atoms with Crippen molar-refractivity contribution in [3.8, 4) is 0 Å². The van der Waals surface area contributed by atoms with E-state index in [2.05, 4.69) is 16.5 Å². The lowest BCUT2D eigenvalue weighted by Gasteiger charge is -1.98. The molecule has 2 aromatic heterocycles. The normalized spacial score (nSPS) is 13.1. The zero-order valence-electron chi connectivity index (χ0n) is 9.24. The molecule has 2 heterocycles. The molecule has 0 radical (unpaired) electrons. The van der Waals surface area contributed by atoms with Crippen LogP contribution in [0.1, 0.15) is 13.3 Å². The molecule has 16 heavy (non-hydrogen) atoms. The number of aromatic nitrogens is 3. The lowest BCUT2D eigenvalue weighted by Crippen LogP contribution is -2.30. The van der Waals surface area contributed by atoms with Crippen molar-refractivity contribution in [3.63, 3.8) is 0 Å². The number of aromatic amines is 1. The molecule has 5 nitrogen and oxygen atoms in total. The molecule has 0 aliphatic carbocycles. The first-order valence-electron chi connectivity index (χ1n) is 5.01. The topological polar surface area (TPSA) is 70.9 Å². The smallest absolute Gasteiger partial charge is 0.326 e. The van der Waals surface area contributed by atoms with Crippen molar-refractivity contribution < 1.29 is 5.11 Å². The minimum atomic E-state index is -0.229. The molecule has 84 valence electrons. The summed E-state index contributed by atoms with van der Waals surface area (Å²) in [6, 6.07) is 0. The summed E-state index contributed by atoms with van der Waals surface area (Å²) in [6.07, 6.45) is 2.04. The maximum Gasteiger partial charge on any atom is 0.326 e. The summed E-state index contributed by atoms with van der Waals surface area (Å²) in [5, 5.41) is 10.8. The van der Waals surface area contributed by atoms with E-state index in [1.807, 2.05) is 6.92 Å². The molecule has 2 aromatic rings. The van der Waals surface area contributed by atoms with E-state index in [0.717, 1.165) is 0 Å². The number of aliphatic hydroxyl groups is 1. The highest BCUT2D eigenvalue weighted by Gasteiger charge is 2.07. The van der Waals surface area contributed by atoms with Crippen LogP contribution in [-0.2, 0) is 7.05 Å². The second-order valence-electron chi connectivity index (χ2n) is 3.63. The molecule has 0 amide bonds. The zero-order chi connectivity index (χ0) is 11.9. The summed E-state index contributed by atoms with van der Waals surface area (Å²) < 4.78 is 1.45. The van der Waals surface area contributed by atoms with Gasteiger partial charge in [0.25, 0.3) is 0 Å². The molecule has 0 aliphatic heterocycles. The number of hydrogen-bond donors (Lipinski definition) is 2. The highest BCUT2D eigenvalue weighted by Crippen LogP contribution is 2.01. The molecule has 0 atom stereocenters. The number of aliphatic hydroxyl groups excluding tert-OH is 1. The molecule has 0 saturated carbocycles. The number of H-pyrrole nitrogens is 1. The number of pyridine rings is 1. The zero-order valence-corrected chi connectivity index (χ0v) is 9.24. The van der Waals surface area contributed by atoms with E-state index >= 15 is 0 Å². The van der Waals surface area contributed by atoms with Gasteiger partial charge in [0.05, 0.1) is 27.8 Å². The summed E-state index contributed by atoms with van der Waals surface area (Å²) in [6.45, 7) is 5.58. The molecular formula is C11H13N3O2. The van der Waals surface area contributed by atoms with Gasteiger partial charge in [-0.05, 0) is 0 Å². The summed E-state index contributed by atoms with van der Waals surface area (Å²) in [5.41, 5.74) is 1.02. The Bertz CT molecular complexity index is 709. The average Bonchev–Trinajstić information content (AvgIpc) is 2.54. The van der Waals surface area contributed by atoms with Crippen molar-refractivity contribution >= 4 is 23.4 Å². The minimum absolute atomic E-state index is 0.185. The van der Waals surface area contributed by atoms with Crippen molar-refractivity contribution in [2.24, 2.45) is 7.05 Å². The molecule has 0 saturated heterocycles. The molecule has 2 rings (SSSR count). The summed E-state index contributed by atoms with van der Waals surface area (Å²) >= 11 is 0. The van der Waals surface area contributed by atoms with Gasteiger partial charge in [0.1, 0.15) is 5.76 Å². The maximum atomic E-state index is 11.5. The number of nitrogens with zero attached hydrogens (tertiary/aromatic N) is 2. The van der Waals surface area contributed by atoms with Crippen LogP contribution in [0.2, 0.25) is 0 Å². The fourth-order valence-corrected chi connectivity index (χ4v) is 1.71. The first-order chi connectivity index (χ1) is 7.56. The quantitative estimate of drug-likeness (QED) is 0.694. The summed E-state index contributed by atoms with van der Waals surface area (Å²) in [5.74, 6) is 0.185. The van der Waals surface area contributed by atoms with Gasteiger partial charge in [0.2, 0.25) is 0 Å². The number of rotatable bonds is 1. The van der Waals surface area contributed by atoms with Gasteiger partial charge in [-0.3, -0.25) is 9.55 Å². The van der Waals surface area contributed by atoms with Crippen LogP contribution < -0.4 is 16.3 Å². The van der Waals surface area contributed by atoms with Gasteiger partial charge in [-0.2, -0.15) is 0 Å². The van der Waals surface area contributed by atoms with Gasteiger partial charge in [0, 0.05) is 13.5 Å². The van der Waals surface area contributed by atoms with E-state index in [9.17, 15) is 9.90 Å². The van der Waals surface area contributed by atoms with Gasteiger partial charge in [-0.1, -0.05) is 13.5 Å². The molecule has 2 N–H and O–H groups in total. The third kappa shape index (κ3) is 1.32. The fraction of sp³-hybridized carbons (Fsp3) is 0.273. The third-order valence-electron chi connectivity index (χ3n) is 2.66. The Morgan fingerprint density at radius 3 is 3.00 bits per heavy atom. The molecule has 0 bridgehead atoms. The fourth-order valence-electron chi connectivity index (χ4n) is 1.71. The van der Waals surface area contributed by atoms with Gasteiger partial charge in [-0.15, -0.1) is 0 Å². The van der Waals surface area contributed by atoms with Crippen LogP contribution in [0.4, 0.5) is 0 Å². The van der Waals surface area contributed by atoms with Crippen LogP contribution >= 0.6 is 0 Å². The molecule has 5 heteroatoms. The molecule has 0 fully saturated rings. The molecular weight excluding hydrogens is 206 g/mol. The Balaban J connectivity index is 3.16. The number of nitrogens with one attached hydrogen (secondary N) is 1. The van der Waals surface area contributed by atoms with E-state index in [1.165, 1.54) is 4.57 Å². The van der Waals surface area contributed by atoms with Crippen molar-refractivity contribution in [3.05, 3.63) is 27.2 Å². The SMILES string of the molecule is C=c1ncc2c([nH]c(=O)n2C)/c1=C(\O)CC. The number of fused-ring (bicyclic) bond motifs is 1. The van der Waals surface area contributed by atoms with Crippen LogP contribution in [0.15, 0.2) is 11.0 Å². The van der Waals surface area contributed by atoms with Crippen molar-refractivity contribution in [1.82, 2.24) is 14.5 Å². The summed E-state index contributed by atoms with van der Waals surface area (Å²) in [4.78, 5) is 18.3. The lowest BCUT2D eigenvalue weighted by molar-refractivity contribution is 0.483. The Morgan fingerprint density at radius 2 is 2.38 bits per heavy atom. The van der Waals surface area contributed by atoms with E-state index in [1.54, 1.807) is 13.2 Å². The summed E-state index contributed by atoms with van der Waals surface area (Å²) in [7, 11) is 1.65. The van der Waals surface area contributed by atoms with Gasteiger partial charge in [0.15, 0.2) is 0 Å². The Hall–Kier alpha value is -2.04. The van der Waals surface area contributed by atoms with Crippen LogP contribution in [-0.4, -0.2) is 19.6 Å². The molecule has 0 aliphatic rings. The standard InChI is InChI=1S/C11H13N3O2/c1-4-8(15)9-6(2)12-5-7-10(9)13-11(16)14(7)3/h5,15H,2,4H2,1,3H3,(H,13,16)/b9-8-. The first kappa shape index (κ1) is 10.5. The largest absolute Gasteiger partial charge is 0.512 e. The van der Waals surface area contributed by atoms with Crippen LogP contribution in [0.25, 0.3) is 23.4 Å². The predicted molar refractivity (Wildman–Crippen MR) is 62.4 cm³/mol. The Labute approximate surface area is 91.4 Å².